The molecule has 0 radical (unpaired) electrons. The predicted molar refractivity (Wildman–Crippen MR) is 88.0 cm³/mol. The molecule has 0 aliphatic carbocycles. The van der Waals surface area contributed by atoms with Crippen LogP contribution in [0.15, 0.2) is 42.5 Å². The standard InChI is InChI=1S/C18H26N2/c1-18(2,3)20-13-7-12-19-14-16-10-6-9-15-8-4-5-11-17(15)16/h4-6,8-11,19-20H,7,12-14H2,1-3H3. The minimum absolute atomic E-state index is 0.218. The molecule has 2 heteroatoms. The van der Waals surface area contributed by atoms with Crippen molar-refractivity contribution in [3.8, 4) is 0 Å². The largest absolute Gasteiger partial charge is 0.313 e. The molecule has 2 N–H and O–H groups in total. The van der Waals surface area contributed by atoms with Gasteiger partial charge in [-0.05, 0) is 56.6 Å². The molecule has 0 unspecified atom stereocenters. The zero-order valence-corrected chi connectivity index (χ0v) is 12.9. The monoisotopic (exact) mass is 270 g/mol. The van der Waals surface area contributed by atoms with Crippen molar-refractivity contribution in [1.82, 2.24) is 10.6 Å². The lowest BCUT2D eigenvalue weighted by Gasteiger charge is -2.20. The van der Waals surface area contributed by atoms with E-state index in [0.717, 1.165) is 26.1 Å². The lowest BCUT2D eigenvalue weighted by molar-refractivity contribution is 0.418. The van der Waals surface area contributed by atoms with Crippen molar-refractivity contribution in [2.75, 3.05) is 13.1 Å². The van der Waals surface area contributed by atoms with Gasteiger partial charge in [-0.2, -0.15) is 0 Å². The minimum Gasteiger partial charge on any atom is -0.313 e. The normalized spacial score (nSPS) is 11.9. The molecule has 0 aliphatic rings. The van der Waals surface area contributed by atoms with Crippen LogP contribution in [-0.4, -0.2) is 18.6 Å². The van der Waals surface area contributed by atoms with Crippen LogP contribution in [0.1, 0.15) is 32.8 Å². The Balaban J connectivity index is 1.79. The van der Waals surface area contributed by atoms with Gasteiger partial charge in [-0.25, -0.2) is 0 Å². The van der Waals surface area contributed by atoms with Crippen molar-refractivity contribution in [3.63, 3.8) is 0 Å². The quantitative estimate of drug-likeness (QED) is 0.782. The second kappa shape index (κ2) is 6.87. The first-order valence-corrected chi connectivity index (χ1v) is 7.49. The first kappa shape index (κ1) is 15.0. The molecule has 2 rings (SSSR count). The van der Waals surface area contributed by atoms with E-state index in [1.54, 1.807) is 0 Å². The van der Waals surface area contributed by atoms with Crippen molar-refractivity contribution in [2.45, 2.75) is 39.3 Å². The van der Waals surface area contributed by atoms with Crippen LogP contribution in [0.3, 0.4) is 0 Å². The Hall–Kier alpha value is -1.38. The summed E-state index contributed by atoms with van der Waals surface area (Å²) in [7, 11) is 0. The third-order valence-corrected chi connectivity index (χ3v) is 3.38. The second-order valence-corrected chi connectivity index (χ2v) is 6.35. The fourth-order valence-electron chi connectivity index (χ4n) is 2.35. The third kappa shape index (κ3) is 4.62. The van der Waals surface area contributed by atoms with Gasteiger partial charge in [-0.3, -0.25) is 0 Å². The average Bonchev–Trinajstić information content (AvgIpc) is 2.41. The second-order valence-electron chi connectivity index (χ2n) is 6.35. The molecule has 2 aromatic carbocycles. The summed E-state index contributed by atoms with van der Waals surface area (Å²) in [6.07, 6.45) is 1.15. The Kier molecular flexibility index (Phi) is 5.16. The lowest BCUT2D eigenvalue weighted by Crippen LogP contribution is -2.37. The molecule has 2 aromatic rings. The molecule has 0 heterocycles. The fourth-order valence-corrected chi connectivity index (χ4v) is 2.35. The summed E-state index contributed by atoms with van der Waals surface area (Å²) >= 11 is 0. The molecule has 0 fully saturated rings. The molecule has 0 atom stereocenters. The van der Waals surface area contributed by atoms with Crippen LogP contribution in [0.4, 0.5) is 0 Å². The van der Waals surface area contributed by atoms with E-state index >= 15 is 0 Å². The van der Waals surface area contributed by atoms with Gasteiger partial charge in [0.05, 0.1) is 0 Å². The summed E-state index contributed by atoms with van der Waals surface area (Å²) in [4.78, 5) is 0. The van der Waals surface area contributed by atoms with E-state index in [4.69, 9.17) is 0 Å². The number of fused-ring (bicyclic) bond motifs is 1. The molecule has 0 amide bonds. The molecule has 2 nitrogen and oxygen atoms in total. The SMILES string of the molecule is CC(C)(C)NCCCNCc1cccc2ccccc12. The van der Waals surface area contributed by atoms with E-state index < -0.39 is 0 Å². The van der Waals surface area contributed by atoms with Gasteiger partial charge >= 0.3 is 0 Å². The Labute approximate surface area is 122 Å². The number of nitrogens with one attached hydrogen (secondary N) is 2. The van der Waals surface area contributed by atoms with Crippen molar-refractivity contribution in [2.24, 2.45) is 0 Å². The van der Waals surface area contributed by atoms with Crippen molar-refractivity contribution < 1.29 is 0 Å². The maximum atomic E-state index is 3.54. The third-order valence-electron chi connectivity index (χ3n) is 3.38. The number of rotatable bonds is 6. The van der Waals surface area contributed by atoms with Gasteiger partial charge < -0.3 is 10.6 Å². The van der Waals surface area contributed by atoms with Gasteiger partial charge in [0.25, 0.3) is 0 Å². The molecule has 0 aromatic heterocycles. The lowest BCUT2D eigenvalue weighted by atomic mass is 10.0. The molecular formula is C18H26N2. The maximum absolute atomic E-state index is 3.54. The van der Waals surface area contributed by atoms with Gasteiger partial charge in [-0.1, -0.05) is 42.5 Å². The van der Waals surface area contributed by atoms with Crippen LogP contribution in [0, 0.1) is 0 Å². The van der Waals surface area contributed by atoms with Crippen LogP contribution in [0.5, 0.6) is 0 Å². The zero-order chi connectivity index (χ0) is 14.4. The summed E-state index contributed by atoms with van der Waals surface area (Å²) in [5, 5.41) is 9.73. The first-order valence-electron chi connectivity index (χ1n) is 7.49. The van der Waals surface area contributed by atoms with Crippen LogP contribution < -0.4 is 10.6 Å². The van der Waals surface area contributed by atoms with Gasteiger partial charge in [0, 0.05) is 12.1 Å². The van der Waals surface area contributed by atoms with E-state index in [9.17, 15) is 0 Å². The molecule has 0 aliphatic heterocycles. The van der Waals surface area contributed by atoms with Crippen LogP contribution in [0.25, 0.3) is 10.8 Å². The van der Waals surface area contributed by atoms with Crippen LogP contribution in [0.2, 0.25) is 0 Å². The average molecular weight is 270 g/mol. The zero-order valence-electron chi connectivity index (χ0n) is 12.9. The minimum atomic E-state index is 0.218. The van der Waals surface area contributed by atoms with Crippen molar-refractivity contribution in [1.29, 1.82) is 0 Å². The van der Waals surface area contributed by atoms with E-state index in [1.807, 2.05) is 0 Å². The molecule has 0 bridgehead atoms. The summed E-state index contributed by atoms with van der Waals surface area (Å²) in [6, 6.07) is 15.1. The topological polar surface area (TPSA) is 24.1 Å². The van der Waals surface area contributed by atoms with Gasteiger partial charge in [0.15, 0.2) is 0 Å². The first-order chi connectivity index (χ1) is 9.56. The van der Waals surface area contributed by atoms with E-state index in [2.05, 4.69) is 73.9 Å². The smallest absolute Gasteiger partial charge is 0.0211 e. The van der Waals surface area contributed by atoms with E-state index in [1.165, 1.54) is 16.3 Å². The Morgan fingerprint density at radius 2 is 1.65 bits per heavy atom. The Morgan fingerprint density at radius 1 is 0.900 bits per heavy atom. The van der Waals surface area contributed by atoms with Crippen LogP contribution >= 0.6 is 0 Å². The predicted octanol–water partition coefficient (Wildman–Crippen LogP) is 3.71. The van der Waals surface area contributed by atoms with Crippen molar-refractivity contribution >= 4 is 10.8 Å². The molecule has 0 spiro atoms. The Bertz CT molecular complexity index is 535. The number of hydrogen-bond acceptors (Lipinski definition) is 2. The highest BCUT2D eigenvalue weighted by atomic mass is 14.9. The highest BCUT2D eigenvalue weighted by molar-refractivity contribution is 5.85. The summed E-state index contributed by atoms with van der Waals surface area (Å²) in [6.45, 7) is 9.67. The van der Waals surface area contributed by atoms with Gasteiger partial charge in [0.1, 0.15) is 0 Å². The molecule has 20 heavy (non-hydrogen) atoms. The molecular weight excluding hydrogens is 244 g/mol. The fraction of sp³-hybridized carbons (Fsp3) is 0.444. The van der Waals surface area contributed by atoms with E-state index in [0.29, 0.717) is 0 Å². The van der Waals surface area contributed by atoms with Crippen molar-refractivity contribution in [3.05, 3.63) is 48.0 Å². The molecule has 0 saturated carbocycles. The number of benzene rings is 2. The van der Waals surface area contributed by atoms with Crippen LogP contribution in [-0.2, 0) is 6.54 Å². The van der Waals surface area contributed by atoms with E-state index in [-0.39, 0.29) is 5.54 Å². The Morgan fingerprint density at radius 3 is 2.45 bits per heavy atom. The summed E-state index contributed by atoms with van der Waals surface area (Å²) < 4.78 is 0. The molecule has 108 valence electrons. The number of hydrogen-bond donors (Lipinski definition) is 2. The summed E-state index contributed by atoms with van der Waals surface area (Å²) in [5.74, 6) is 0. The molecule has 0 saturated heterocycles. The van der Waals surface area contributed by atoms with Gasteiger partial charge in [-0.15, -0.1) is 0 Å². The summed E-state index contributed by atoms with van der Waals surface area (Å²) in [5.41, 5.74) is 1.60. The maximum Gasteiger partial charge on any atom is 0.0211 e. The van der Waals surface area contributed by atoms with Gasteiger partial charge in [0.2, 0.25) is 0 Å². The highest BCUT2D eigenvalue weighted by Gasteiger charge is 2.06. The highest BCUT2D eigenvalue weighted by Crippen LogP contribution is 2.18.